The first-order chi connectivity index (χ1) is 5.65. The molecule has 0 amide bonds. The molecule has 0 spiro atoms. The van der Waals surface area contributed by atoms with E-state index in [9.17, 15) is 0 Å². The molecule has 0 saturated carbocycles. The monoisotopic (exact) mass is 172 g/mol. The number of likely N-dealkylation sites (N-methyl/N-ethyl adjacent to an activating group) is 1. The van der Waals surface area contributed by atoms with E-state index in [1.54, 1.807) is 0 Å². The summed E-state index contributed by atoms with van der Waals surface area (Å²) in [6.07, 6.45) is 0. The first kappa shape index (κ1) is 9.96. The highest BCUT2D eigenvalue weighted by molar-refractivity contribution is 4.80. The third kappa shape index (κ3) is 2.19. The van der Waals surface area contributed by atoms with Crippen LogP contribution in [0.15, 0.2) is 0 Å². The minimum absolute atomic E-state index is 0.278. The van der Waals surface area contributed by atoms with E-state index in [1.807, 2.05) is 0 Å². The van der Waals surface area contributed by atoms with Crippen LogP contribution in [0.25, 0.3) is 0 Å². The summed E-state index contributed by atoms with van der Waals surface area (Å²) in [7, 11) is 2.08. The van der Waals surface area contributed by atoms with Crippen molar-refractivity contribution in [3.8, 4) is 0 Å². The summed E-state index contributed by atoms with van der Waals surface area (Å²) in [5, 5.41) is 9.09. The number of hydrogen-bond acceptors (Lipinski definition) is 3. The normalized spacial score (nSPS) is 28.2. The van der Waals surface area contributed by atoms with Gasteiger partial charge in [-0.25, -0.2) is 0 Å². The largest absolute Gasteiger partial charge is 0.395 e. The molecule has 1 fully saturated rings. The zero-order valence-electron chi connectivity index (χ0n) is 8.32. The van der Waals surface area contributed by atoms with Crippen LogP contribution >= 0.6 is 0 Å². The SMILES string of the molecule is CC(C)N1CCN(C)C(CO)C1. The van der Waals surface area contributed by atoms with Crippen molar-refractivity contribution in [1.82, 2.24) is 9.80 Å². The van der Waals surface area contributed by atoms with Crippen molar-refractivity contribution in [3.63, 3.8) is 0 Å². The number of hydrogen-bond donors (Lipinski definition) is 1. The molecule has 3 heteroatoms. The van der Waals surface area contributed by atoms with E-state index in [1.165, 1.54) is 0 Å². The van der Waals surface area contributed by atoms with Gasteiger partial charge in [-0.2, -0.15) is 0 Å². The average Bonchev–Trinajstić information content (AvgIpc) is 2.05. The summed E-state index contributed by atoms with van der Waals surface area (Å²) in [5.41, 5.74) is 0. The lowest BCUT2D eigenvalue weighted by molar-refractivity contribution is 0.0430. The zero-order valence-corrected chi connectivity index (χ0v) is 8.32. The van der Waals surface area contributed by atoms with Crippen LogP contribution < -0.4 is 0 Å². The lowest BCUT2D eigenvalue weighted by atomic mass is 10.1. The molecular weight excluding hydrogens is 152 g/mol. The third-order valence-corrected chi connectivity index (χ3v) is 2.75. The molecule has 0 bridgehead atoms. The van der Waals surface area contributed by atoms with Gasteiger partial charge in [0, 0.05) is 31.7 Å². The Hall–Kier alpha value is -0.120. The minimum Gasteiger partial charge on any atom is -0.395 e. The molecular formula is C9H20N2O. The van der Waals surface area contributed by atoms with E-state index in [0.29, 0.717) is 12.1 Å². The third-order valence-electron chi connectivity index (χ3n) is 2.75. The van der Waals surface area contributed by atoms with Gasteiger partial charge >= 0.3 is 0 Å². The number of aliphatic hydroxyl groups excluding tert-OH is 1. The molecule has 72 valence electrons. The minimum atomic E-state index is 0.278. The van der Waals surface area contributed by atoms with Crippen molar-refractivity contribution in [1.29, 1.82) is 0 Å². The van der Waals surface area contributed by atoms with E-state index in [-0.39, 0.29) is 6.61 Å². The Kier molecular flexibility index (Phi) is 3.50. The molecule has 3 nitrogen and oxygen atoms in total. The van der Waals surface area contributed by atoms with Crippen LogP contribution in [-0.4, -0.2) is 60.3 Å². The van der Waals surface area contributed by atoms with Crippen LogP contribution in [0.1, 0.15) is 13.8 Å². The zero-order chi connectivity index (χ0) is 9.14. The highest BCUT2D eigenvalue weighted by atomic mass is 16.3. The van der Waals surface area contributed by atoms with Gasteiger partial charge in [0.2, 0.25) is 0 Å². The van der Waals surface area contributed by atoms with Gasteiger partial charge in [0.15, 0.2) is 0 Å². The van der Waals surface area contributed by atoms with Crippen LogP contribution in [0.5, 0.6) is 0 Å². The van der Waals surface area contributed by atoms with Gasteiger partial charge < -0.3 is 5.11 Å². The predicted octanol–water partition coefficient (Wildman–Crippen LogP) is 0.00310. The molecule has 1 unspecified atom stereocenters. The standard InChI is InChI=1S/C9H20N2O/c1-8(2)11-5-4-10(3)9(6-11)7-12/h8-9,12H,4-7H2,1-3H3. The fourth-order valence-electron chi connectivity index (χ4n) is 1.64. The molecule has 0 radical (unpaired) electrons. The van der Waals surface area contributed by atoms with Crippen LogP contribution in [0.4, 0.5) is 0 Å². The maximum Gasteiger partial charge on any atom is 0.0599 e. The molecule has 1 atom stereocenters. The number of nitrogens with zero attached hydrogens (tertiary/aromatic N) is 2. The van der Waals surface area contributed by atoms with Gasteiger partial charge in [-0.15, -0.1) is 0 Å². The molecule has 0 aliphatic carbocycles. The van der Waals surface area contributed by atoms with Gasteiger partial charge in [0.1, 0.15) is 0 Å². The molecule has 0 aromatic rings. The Morgan fingerprint density at radius 3 is 2.58 bits per heavy atom. The number of aliphatic hydroxyl groups is 1. The van der Waals surface area contributed by atoms with Crippen LogP contribution in [0.3, 0.4) is 0 Å². The molecule has 1 aliphatic heterocycles. The maximum absolute atomic E-state index is 9.09. The van der Waals surface area contributed by atoms with E-state index in [2.05, 4.69) is 30.7 Å². The summed E-state index contributed by atoms with van der Waals surface area (Å²) in [4.78, 5) is 4.65. The molecule has 0 aromatic heterocycles. The first-order valence-corrected chi connectivity index (χ1v) is 4.70. The lowest BCUT2D eigenvalue weighted by Crippen LogP contribution is -2.54. The van der Waals surface area contributed by atoms with E-state index < -0.39 is 0 Å². The molecule has 0 aromatic carbocycles. The second-order valence-corrected chi connectivity index (χ2v) is 3.91. The molecule has 1 rings (SSSR count). The summed E-state index contributed by atoms with van der Waals surface area (Å²) in [6.45, 7) is 7.90. The van der Waals surface area contributed by atoms with Crippen molar-refractivity contribution in [2.24, 2.45) is 0 Å². The van der Waals surface area contributed by atoms with Crippen LogP contribution in [-0.2, 0) is 0 Å². The quantitative estimate of drug-likeness (QED) is 0.635. The van der Waals surface area contributed by atoms with E-state index in [4.69, 9.17) is 5.11 Å². The van der Waals surface area contributed by atoms with Crippen molar-refractivity contribution in [2.45, 2.75) is 25.9 Å². The molecule has 1 N–H and O–H groups in total. The second kappa shape index (κ2) is 4.21. The fraction of sp³-hybridized carbons (Fsp3) is 1.00. The van der Waals surface area contributed by atoms with E-state index in [0.717, 1.165) is 19.6 Å². The van der Waals surface area contributed by atoms with Crippen molar-refractivity contribution >= 4 is 0 Å². The molecule has 1 saturated heterocycles. The second-order valence-electron chi connectivity index (χ2n) is 3.91. The summed E-state index contributed by atoms with van der Waals surface area (Å²) < 4.78 is 0. The smallest absolute Gasteiger partial charge is 0.0599 e. The van der Waals surface area contributed by atoms with Crippen LogP contribution in [0, 0.1) is 0 Å². The van der Waals surface area contributed by atoms with Gasteiger partial charge in [-0.05, 0) is 20.9 Å². The highest BCUT2D eigenvalue weighted by Crippen LogP contribution is 2.09. The number of piperazine rings is 1. The van der Waals surface area contributed by atoms with Gasteiger partial charge in [-0.1, -0.05) is 0 Å². The Morgan fingerprint density at radius 2 is 2.08 bits per heavy atom. The first-order valence-electron chi connectivity index (χ1n) is 4.70. The topological polar surface area (TPSA) is 26.7 Å². The Balaban J connectivity index is 2.44. The van der Waals surface area contributed by atoms with Gasteiger partial charge in [-0.3, -0.25) is 9.80 Å². The highest BCUT2D eigenvalue weighted by Gasteiger charge is 2.24. The number of rotatable bonds is 2. The van der Waals surface area contributed by atoms with Crippen LogP contribution in [0.2, 0.25) is 0 Å². The molecule has 1 heterocycles. The Morgan fingerprint density at radius 1 is 1.42 bits per heavy atom. The molecule has 12 heavy (non-hydrogen) atoms. The predicted molar refractivity (Wildman–Crippen MR) is 50.2 cm³/mol. The molecule has 1 aliphatic rings. The van der Waals surface area contributed by atoms with E-state index >= 15 is 0 Å². The summed E-state index contributed by atoms with van der Waals surface area (Å²) >= 11 is 0. The van der Waals surface area contributed by atoms with Crippen molar-refractivity contribution < 1.29 is 5.11 Å². The Labute approximate surface area is 75.0 Å². The lowest BCUT2D eigenvalue weighted by Gasteiger charge is -2.40. The fourth-order valence-corrected chi connectivity index (χ4v) is 1.64. The van der Waals surface area contributed by atoms with Gasteiger partial charge in [0.25, 0.3) is 0 Å². The summed E-state index contributed by atoms with van der Waals surface area (Å²) in [5.74, 6) is 0. The average molecular weight is 172 g/mol. The van der Waals surface area contributed by atoms with Crippen molar-refractivity contribution in [3.05, 3.63) is 0 Å². The Bertz CT molecular complexity index is 138. The van der Waals surface area contributed by atoms with Gasteiger partial charge in [0.05, 0.1) is 6.61 Å². The summed E-state index contributed by atoms with van der Waals surface area (Å²) in [6, 6.07) is 0.939. The van der Waals surface area contributed by atoms with Crippen molar-refractivity contribution in [2.75, 3.05) is 33.3 Å². The maximum atomic E-state index is 9.09.